The molecule has 10 nitrogen and oxygen atoms in total. The zero-order valence-electron chi connectivity index (χ0n) is 19.1. The van der Waals surface area contributed by atoms with Gasteiger partial charge in [-0.05, 0) is 31.9 Å². The summed E-state index contributed by atoms with van der Waals surface area (Å²) in [6.45, 7) is 1.74. The lowest BCUT2D eigenvalue weighted by molar-refractivity contribution is -0.142. The zero-order valence-corrected chi connectivity index (χ0v) is 19.1. The Kier molecular flexibility index (Phi) is 6.92. The average Bonchev–Trinajstić information content (AvgIpc) is 3.58. The molecule has 1 fully saturated rings. The number of pyridine rings is 1. The quantitative estimate of drug-likeness (QED) is 0.484. The Morgan fingerprint density at radius 1 is 1.08 bits per heavy atom. The summed E-state index contributed by atoms with van der Waals surface area (Å²) in [6.07, 6.45) is -7.09. The van der Waals surface area contributed by atoms with Crippen molar-refractivity contribution in [2.45, 2.75) is 44.7 Å². The van der Waals surface area contributed by atoms with Crippen molar-refractivity contribution in [2.75, 3.05) is 13.1 Å². The van der Waals surface area contributed by atoms with E-state index in [2.05, 4.69) is 25.5 Å². The second-order valence-corrected chi connectivity index (χ2v) is 8.24. The lowest BCUT2D eigenvalue weighted by Gasteiger charge is -2.16. The minimum Gasteiger partial charge on any atom is -0.341 e. The van der Waals surface area contributed by atoms with Gasteiger partial charge in [0.15, 0.2) is 5.69 Å². The Morgan fingerprint density at radius 2 is 1.76 bits per heavy atom. The van der Waals surface area contributed by atoms with Crippen LogP contribution in [0.1, 0.15) is 53.6 Å². The van der Waals surface area contributed by atoms with Gasteiger partial charge in [-0.15, -0.1) is 0 Å². The molecule has 2 amide bonds. The monoisotopic (exact) mass is 531 g/mol. The smallest absolute Gasteiger partial charge is 0.341 e. The summed E-state index contributed by atoms with van der Waals surface area (Å²) in [5.74, 6) is -1.92. The molecule has 0 aromatic carbocycles. The van der Waals surface area contributed by atoms with E-state index in [4.69, 9.17) is 4.52 Å². The molecular formula is C21H19F6N7O3. The molecule has 0 spiro atoms. The Balaban J connectivity index is 1.52. The molecule has 0 radical (unpaired) electrons. The standard InChI is InChI=1S/C21H19F6N7O3/c1-11(19-30-17(32-37-19)12-4-5-28-14(8-12)20(22,23)24)29-18(36)13-9-15(21(25,26)27)31-34(13)10-16(35)33-6-2-3-7-33/h4-5,8-9,11H,2-3,6-7,10H2,1H3,(H,29,36)/t11-/m0/s1. The number of nitrogens with one attached hydrogen (secondary N) is 1. The van der Waals surface area contributed by atoms with E-state index in [0.717, 1.165) is 19.0 Å². The average molecular weight is 531 g/mol. The number of amides is 2. The van der Waals surface area contributed by atoms with E-state index < -0.39 is 53.8 Å². The predicted octanol–water partition coefficient (Wildman–Crippen LogP) is 3.48. The van der Waals surface area contributed by atoms with Crippen molar-refractivity contribution in [3.8, 4) is 11.4 Å². The number of likely N-dealkylation sites (tertiary alicyclic amines) is 1. The van der Waals surface area contributed by atoms with Crippen molar-refractivity contribution in [2.24, 2.45) is 0 Å². The van der Waals surface area contributed by atoms with Gasteiger partial charge in [-0.3, -0.25) is 14.6 Å². The van der Waals surface area contributed by atoms with E-state index in [-0.39, 0.29) is 17.3 Å². The molecule has 0 unspecified atom stereocenters. The van der Waals surface area contributed by atoms with Gasteiger partial charge in [-0.25, -0.2) is 4.68 Å². The van der Waals surface area contributed by atoms with Crippen molar-refractivity contribution < 1.29 is 40.5 Å². The highest BCUT2D eigenvalue weighted by Crippen LogP contribution is 2.31. The first kappa shape index (κ1) is 26.1. The van der Waals surface area contributed by atoms with E-state index in [9.17, 15) is 35.9 Å². The van der Waals surface area contributed by atoms with Crippen molar-refractivity contribution >= 4 is 11.8 Å². The molecule has 198 valence electrons. The van der Waals surface area contributed by atoms with Gasteiger partial charge in [0.25, 0.3) is 5.91 Å². The van der Waals surface area contributed by atoms with Gasteiger partial charge in [-0.2, -0.15) is 36.4 Å². The van der Waals surface area contributed by atoms with Crippen LogP contribution in [0.4, 0.5) is 26.3 Å². The van der Waals surface area contributed by atoms with Crippen LogP contribution in [0, 0.1) is 0 Å². The van der Waals surface area contributed by atoms with Gasteiger partial charge in [0, 0.05) is 30.9 Å². The lowest BCUT2D eigenvalue weighted by atomic mass is 10.2. The number of hydrogen-bond donors (Lipinski definition) is 1. The van der Waals surface area contributed by atoms with Crippen LogP contribution in [0.5, 0.6) is 0 Å². The number of rotatable bonds is 6. The minimum absolute atomic E-state index is 0.0517. The van der Waals surface area contributed by atoms with Crippen LogP contribution < -0.4 is 5.32 Å². The van der Waals surface area contributed by atoms with Crippen molar-refractivity contribution in [1.29, 1.82) is 0 Å². The number of aromatic nitrogens is 5. The first-order chi connectivity index (χ1) is 17.3. The van der Waals surface area contributed by atoms with Crippen molar-refractivity contribution in [3.05, 3.63) is 47.4 Å². The number of carbonyl (C=O) groups excluding carboxylic acids is 2. The fourth-order valence-corrected chi connectivity index (χ4v) is 3.64. The molecule has 4 heterocycles. The largest absolute Gasteiger partial charge is 0.435 e. The summed E-state index contributed by atoms with van der Waals surface area (Å²) in [6, 6.07) is 1.41. The SMILES string of the molecule is C[C@H](NC(=O)c1cc(C(F)(F)F)nn1CC(=O)N1CCCC1)c1nc(-c2ccnc(C(F)(F)F)c2)no1. The van der Waals surface area contributed by atoms with E-state index in [1.165, 1.54) is 17.9 Å². The summed E-state index contributed by atoms with van der Waals surface area (Å²) < 4.78 is 84.3. The Labute approximate surface area is 204 Å². The van der Waals surface area contributed by atoms with Crippen LogP contribution in [-0.2, 0) is 23.7 Å². The molecule has 1 aliphatic rings. The van der Waals surface area contributed by atoms with E-state index in [0.29, 0.717) is 29.9 Å². The third kappa shape index (κ3) is 5.89. The Morgan fingerprint density at radius 3 is 2.41 bits per heavy atom. The number of carbonyl (C=O) groups is 2. The fraction of sp³-hybridized carbons (Fsp3) is 0.429. The van der Waals surface area contributed by atoms with Gasteiger partial charge in [0.2, 0.25) is 17.6 Å². The summed E-state index contributed by atoms with van der Waals surface area (Å²) >= 11 is 0. The number of alkyl halides is 6. The maximum absolute atomic E-state index is 13.3. The number of nitrogens with zero attached hydrogens (tertiary/aromatic N) is 6. The van der Waals surface area contributed by atoms with Crippen LogP contribution in [0.3, 0.4) is 0 Å². The molecular weight excluding hydrogens is 512 g/mol. The predicted molar refractivity (Wildman–Crippen MR) is 111 cm³/mol. The van der Waals surface area contributed by atoms with Crippen LogP contribution in [-0.4, -0.2) is 54.7 Å². The summed E-state index contributed by atoms with van der Waals surface area (Å²) in [5, 5.41) is 9.38. The highest BCUT2D eigenvalue weighted by Gasteiger charge is 2.37. The summed E-state index contributed by atoms with van der Waals surface area (Å²) in [5.41, 5.74) is -3.09. The second-order valence-electron chi connectivity index (χ2n) is 8.24. The highest BCUT2D eigenvalue weighted by molar-refractivity contribution is 5.93. The molecule has 0 aliphatic carbocycles. The Hall–Kier alpha value is -3.98. The molecule has 37 heavy (non-hydrogen) atoms. The van der Waals surface area contributed by atoms with Crippen molar-refractivity contribution in [3.63, 3.8) is 0 Å². The Bertz CT molecular complexity index is 1290. The molecule has 4 rings (SSSR count). The van der Waals surface area contributed by atoms with Crippen LogP contribution in [0.2, 0.25) is 0 Å². The molecule has 1 atom stereocenters. The minimum atomic E-state index is -4.86. The van der Waals surface area contributed by atoms with Gasteiger partial charge < -0.3 is 14.7 Å². The summed E-state index contributed by atoms with van der Waals surface area (Å²) in [4.78, 5) is 34.0. The van der Waals surface area contributed by atoms with E-state index >= 15 is 0 Å². The molecule has 1 N–H and O–H groups in total. The first-order valence-electron chi connectivity index (χ1n) is 10.9. The topological polar surface area (TPSA) is 119 Å². The maximum Gasteiger partial charge on any atom is 0.435 e. The zero-order chi connectivity index (χ0) is 27.0. The third-order valence-corrected chi connectivity index (χ3v) is 5.52. The van der Waals surface area contributed by atoms with Gasteiger partial charge in [0.1, 0.15) is 24.0 Å². The van der Waals surface area contributed by atoms with Gasteiger partial charge in [0.05, 0.1) is 0 Å². The van der Waals surface area contributed by atoms with Crippen LogP contribution >= 0.6 is 0 Å². The van der Waals surface area contributed by atoms with Gasteiger partial charge >= 0.3 is 12.4 Å². The molecule has 16 heteroatoms. The molecule has 3 aromatic rings. The lowest BCUT2D eigenvalue weighted by Crippen LogP contribution is -2.34. The summed E-state index contributed by atoms with van der Waals surface area (Å²) in [7, 11) is 0. The normalized spacial score (nSPS) is 15.2. The number of hydrogen-bond acceptors (Lipinski definition) is 7. The van der Waals surface area contributed by atoms with E-state index in [1.54, 1.807) is 0 Å². The van der Waals surface area contributed by atoms with Gasteiger partial charge in [-0.1, -0.05) is 5.16 Å². The molecule has 1 saturated heterocycles. The van der Waals surface area contributed by atoms with Crippen LogP contribution in [0.25, 0.3) is 11.4 Å². The fourth-order valence-electron chi connectivity index (χ4n) is 3.64. The maximum atomic E-state index is 13.3. The molecule has 0 bridgehead atoms. The molecule has 0 saturated carbocycles. The first-order valence-corrected chi connectivity index (χ1v) is 10.9. The van der Waals surface area contributed by atoms with E-state index in [1.807, 2.05) is 0 Å². The third-order valence-electron chi connectivity index (χ3n) is 5.52. The van der Waals surface area contributed by atoms with Crippen LogP contribution in [0.15, 0.2) is 28.9 Å². The highest BCUT2D eigenvalue weighted by atomic mass is 19.4. The number of halogens is 6. The molecule has 3 aromatic heterocycles. The van der Waals surface area contributed by atoms with Crippen molar-refractivity contribution in [1.82, 2.24) is 35.1 Å². The second kappa shape index (κ2) is 9.82. The molecule has 1 aliphatic heterocycles.